The molecule has 9 N–H and O–H groups in total. The van der Waals surface area contributed by atoms with Crippen molar-refractivity contribution in [1.29, 1.82) is 0 Å². The highest BCUT2D eigenvalue weighted by molar-refractivity contribution is 5.76. The minimum absolute atomic E-state index is 0.254. The molecule has 79 heavy (non-hydrogen) atoms. The third kappa shape index (κ3) is 35.4. The summed E-state index contributed by atoms with van der Waals surface area (Å²) in [6.45, 7) is 2.64. The molecule has 2 saturated heterocycles. The molecule has 2 aliphatic heterocycles. The lowest BCUT2D eigenvalue weighted by molar-refractivity contribution is -0.359. The Labute approximate surface area is 479 Å². The van der Waals surface area contributed by atoms with E-state index in [1.54, 1.807) is 6.08 Å². The summed E-state index contributed by atoms with van der Waals surface area (Å²) in [6, 6.07) is -0.936. The van der Waals surface area contributed by atoms with Gasteiger partial charge in [-0.2, -0.15) is 0 Å². The van der Waals surface area contributed by atoms with Crippen LogP contribution in [-0.4, -0.2) is 140 Å². The largest absolute Gasteiger partial charge is 0.394 e. The van der Waals surface area contributed by atoms with Crippen LogP contribution in [-0.2, 0) is 23.7 Å². The number of amides is 1. The summed E-state index contributed by atoms with van der Waals surface area (Å²) < 4.78 is 22.7. The number of unbranched alkanes of at least 4 members (excludes halogenated alkanes) is 30. The third-order valence-corrected chi connectivity index (χ3v) is 15.4. The molecule has 0 aromatic rings. The fourth-order valence-electron chi connectivity index (χ4n) is 10.3. The first-order chi connectivity index (χ1) is 38.6. The standard InChI is InChI=1S/C65H117NO13/c1-3-5-7-9-11-13-15-16-17-18-19-20-21-22-23-24-25-26-27-28-29-30-31-32-33-34-35-36-37-38-39-41-43-45-47-49-57(70)66-53(54(69)48-46-44-42-40-14-12-10-8-6-4-2)52-76-64-62(75)60(73)63(56(51-68)78-64)79-65-61(74)59(72)58(71)55(50-67)77-65/h6,8,14-16,18-19,40,46,48,53-56,58-65,67-69,71-75H,3-5,7,9-13,17,20-39,41-45,47,49-52H2,1-2H3,(H,66,70)/b8-6+,16-15-,19-18-,40-14+,48-46+. The molecule has 0 aliphatic carbocycles. The topological polar surface area (TPSA) is 228 Å². The second-order valence-electron chi connectivity index (χ2n) is 22.5. The zero-order valence-electron chi connectivity index (χ0n) is 49.6. The van der Waals surface area contributed by atoms with Crippen molar-refractivity contribution in [3.63, 3.8) is 0 Å². The van der Waals surface area contributed by atoms with E-state index in [4.69, 9.17) is 18.9 Å². The van der Waals surface area contributed by atoms with E-state index in [1.807, 2.05) is 6.08 Å². The molecule has 2 heterocycles. The van der Waals surface area contributed by atoms with Gasteiger partial charge in [0.05, 0.1) is 32.0 Å². The predicted molar refractivity (Wildman–Crippen MR) is 318 cm³/mol. The third-order valence-electron chi connectivity index (χ3n) is 15.4. The van der Waals surface area contributed by atoms with Gasteiger partial charge in [-0.05, 0) is 70.6 Å². The Balaban J connectivity index is 1.57. The zero-order valence-corrected chi connectivity index (χ0v) is 49.6. The van der Waals surface area contributed by atoms with Gasteiger partial charge in [0.15, 0.2) is 12.6 Å². The number of ether oxygens (including phenoxy) is 4. The SMILES string of the molecule is CC/C=C/CC/C=C/CC/C=C/C(O)C(COC1OC(CO)C(OC2OC(CO)C(O)C(O)C2O)C(O)C1O)NC(=O)CCCCCCCCCCCCCCCCCCCCCCCCC/C=C\C/C=C\CCCCCCC. The maximum atomic E-state index is 13.2. The number of hydrogen-bond acceptors (Lipinski definition) is 13. The normalized spacial score (nSPS) is 24.8. The molecule has 0 aromatic carbocycles. The summed E-state index contributed by atoms with van der Waals surface area (Å²) in [4.78, 5) is 13.2. The van der Waals surface area contributed by atoms with E-state index in [2.05, 4.69) is 67.8 Å². The fraction of sp³-hybridized carbons (Fsp3) is 0.831. The van der Waals surface area contributed by atoms with Crippen molar-refractivity contribution < 1.29 is 64.6 Å². The van der Waals surface area contributed by atoms with Crippen LogP contribution in [0.5, 0.6) is 0 Å². The highest BCUT2D eigenvalue weighted by Crippen LogP contribution is 2.30. The van der Waals surface area contributed by atoms with Gasteiger partial charge >= 0.3 is 0 Å². The first kappa shape index (κ1) is 72.8. The van der Waals surface area contributed by atoms with Gasteiger partial charge in [-0.25, -0.2) is 0 Å². The smallest absolute Gasteiger partial charge is 0.220 e. The minimum atomic E-state index is -1.79. The van der Waals surface area contributed by atoms with Crippen LogP contribution in [0.4, 0.5) is 0 Å². The molecule has 2 aliphatic rings. The first-order valence-corrected chi connectivity index (χ1v) is 32.0. The summed E-state index contributed by atoms with van der Waals surface area (Å²) in [7, 11) is 0. The van der Waals surface area contributed by atoms with Crippen LogP contribution in [0.1, 0.15) is 251 Å². The van der Waals surface area contributed by atoms with Crippen molar-refractivity contribution in [2.24, 2.45) is 0 Å². The van der Waals surface area contributed by atoms with Crippen molar-refractivity contribution in [3.05, 3.63) is 60.8 Å². The van der Waals surface area contributed by atoms with Crippen LogP contribution in [0, 0.1) is 0 Å². The molecule has 460 valence electrons. The van der Waals surface area contributed by atoms with E-state index in [-0.39, 0.29) is 18.9 Å². The second kappa shape index (κ2) is 50.2. The van der Waals surface area contributed by atoms with Gasteiger partial charge in [-0.15, -0.1) is 0 Å². The minimum Gasteiger partial charge on any atom is -0.394 e. The number of carbonyl (C=O) groups excluding carboxylic acids is 1. The van der Waals surface area contributed by atoms with E-state index in [9.17, 15) is 45.6 Å². The average molecular weight is 1120 g/mol. The molecule has 1 amide bonds. The summed E-state index contributed by atoms with van der Waals surface area (Å²) in [6.07, 6.45) is 49.0. The molecule has 2 fully saturated rings. The highest BCUT2D eigenvalue weighted by atomic mass is 16.7. The summed E-state index contributed by atoms with van der Waals surface area (Å²) in [5.74, 6) is -0.254. The number of allylic oxidation sites excluding steroid dienone is 9. The number of aliphatic hydroxyl groups is 8. The van der Waals surface area contributed by atoms with Gasteiger partial charge in [0.2, 0.25) is 5.91 Å². The van der Waals surface area contributed by atoms with Gasteiger partial charge in [0.1, 0.15) is 48.8 Å². The Hall–Kier alpha value is -2.31. The second-order valence-corrected chi connectivity index (χ2v) is 22.5. The molecule has 0 saturated carbocycles. The van der Waals surface area contributed by atoms with Gasteiger partial charge in [0.25, 0.3) is 0 Å². The first-order valence-electron chi connectivity index (χ1n) is 32.0. The van der Waals surface area contributed by atoms with Crippen molar-refractivity contribution >= 4 is 5.91 Å². The van der Waals surface area contributed by atoms with Crippen LogP contribution in [0.2, 0.25) is 0 Å². The Kier molecular flexibility index (Phi) is 46.3. The number of nitrogens with one attached hydrogen (secondary N) is 1. The molecule has 14 heteroatoms. The van der Waals surface area contributed by atoms with Gasteiger partial charge in [-0.3, -0.25) is 4.79 Å². The van der Waals surface area contributed by atoms with Crippen molar-refractivity contribution in [3.8, 4) is 0 Å². The van der Waals surface area contributed by atoms with Crippen LogP contribution >= 0.6 is 0 Å². The summed E-state index contributed by atoms with van der Waals surface area (Å²) >= 11 is 0. The van der Waals surface area contributed by atoms with E-state index < -0.39 is 86.8 Å². The lowest BCUT2D eigenvalue weighted by Gasteiger charge is -2.46. The monoisotopic (exact) mass is 1120 g/mol. The Morgan fingerprint density at radius 1 is 0.468 bits per heavy atom. The summed E-state index contributed by atoms with van der Waals surface area (Å²) in [5, 5.41) is 86.8. The van der Waals surface area contributed by atoms with Crippen LogP contribution < -0.4 is 5.32 Å². The number of carbonyl (C=O) groups is 1. The molecule has 2 rings (SSSR count). The van der Waals surface area contributed by atoms with Crippen molar-refractivity contribution in [2.75, 3.05) is 19.8 Å². The fourth-order valence-corrected chi connectivity index (χ4v) is 10.3. The maximum Gasteiger partial charge on any atom is 0.220 e. The lowest BCUT2D eigenvalue weighted by atomic mass is 9.97. The van der Waals surface area contributed by atoms with Crippen LogP contribution in [0.25, 0.3) is 0 Å². The molecule has 0 radical (unpaired) electrons. The Bertz CT molecular complexity index is 1560. The predicted octanol–water partition coefficient (Wildman–Crippen LogP) is 11.7. The molecule has 12 atom stereocenters. The Morgan fingerprint density at radius 2 is 0.886 bits per heavy atom. The molecule has 0 bridgehead atoms. The maximum absolute atomic E-state index is 13.2. The van der Waals surface area contributed by atoms with E-state index in [0.29, 0.717) is 12.8 Å². The lowest BCUT2D eigenvalue weighted by Crippen LogP contribution is -2.65. The zero-order chi connectivity index (χ0) is 57.4. The molecule has 14 nitrogen and oxygen atoms in total. The number of aliphatic hydroxyl groups excluding tert-OH is 8. The molecular formula is C65H117NO13. The van der Waals surface area contributed by atoms with E-state index in [0.717, 1.165) is 51.4 Å². The molecule has 0 spiro atoms. The van der Waals surface area contributed by atoms with E-state index >= 15 is 0 Å². The number of hydrogen-bond donors (Lipinski definition) is 9. The van der Waals surface area contributed by atoms with Gasteiger partial charge < -0.3 is 65.1 Å². The number of rotatable bonds is 51. The van der Waals surface area contributed by atoms with E-state index in [1.165, 1.54) is 167 Å². The van der Waals surface area contributed by atoms with Gasteiger partial charge in [0, 0.05) is 6.42 Å². The quantitative estimate of drug-likeness (QED) is 0.0204. The van der Waals surface area contributed by atoms with Crippen LogP contribution in [0.15, 0.2) is 60.8 Å². The van der Waals surface area contributed by atoms with Crippen LogP contribution in [0.3, 0.4) is 0 Å². The Morgan fingerprint density at radius 3 is 1.37 bits per heavy atom. The highest BCUT2D eigenvalue weighted by Gasteiger charge is 2.51. The summed E-state index contributed by atoms with van der Waals surface area (Å²) in [5.41, 5.74) is 0. The average Bonchev–Trinajstić information content (AvgIpc) is 3.48. The molecular weight excluding hydrogens is 1000 g/mol. The molecule has 12 unspecified atom stereocenters. The van der Waals surface area contributed by atoms with Crippen molar-refractivity contribution in [2.45, 2.75) is 325 Å². The van der Waals surface area contributed by atoms with Crippen molar-refractivity contribution in [1.82, 2.24) is 5.32 Å². The molecule has 0 aromatic heterocycles. The van der Waals surface area contributed by atoms with Gasteiger partial charge in [-0.1, -0.05) is 235 Å².